The number of benzene rings is 1. The quantitative estimate of drug-likeness (QED) is 0.663. The molecule has 1 heterocycles. The van der Waals surface area contributed by atoms with Gasteiger partial charge in [-0.05, 0) is 57.4 Å². The van der Waals surface area contributed by atoms with E-state index in [1.54, 1.807) is 18.3 Å². The molecular weight excluding hydrogens is 332 g/mol. The van der Waals surface area contributed by atoms with E-state index in [0.29, 0.717) is 18.7 Å². The van der Waals surface area contributed by atoms with Gasteiger partial charge in [-0.3, -0.25) is 15.2 Å². The van der Waals surface area contributed by atoms with Crippen LogP contribution in [-0.4, -0.2) is 34.3 Å². The maximum absolute atomic E-state index is 12.0. The van der Waals surface area contributed by atoms with Crippen LogP contribution in [0.25, 0.3) is 0 Å². The van der Waals surface area contributed by atoms with E-state index >= 15 is 0 Å². The lowest BCUT2D eigenvalue weighted by Gasteiger charge is -2.19. The Balaban J connectivity index is 1.70. The van der Waals surface area contributed by atoms with Crippen molar-refractivity contribution in [1.82, 2.24) is 15.5 Å². The number of aryl methyl sites for hydroxylation is 1. The summed E-state index contributed by atoms with van der Waals surface area (Å²) in [7, 11) is 0. The Kier molecular flexibility index (Phi) is 6.77. The predicted octanol–water partition coefficient (Wildman–Crippen LogP) is 3.05. The van der Waals surface area contributed by atoms with E-state index in [1.807, 2.05) is 39.0 Å². The fourth-order valence-electron chi connectivity index (χ4n) is 2.31. The largest absolute Gasteiger partial charge is 0.444 e. The maximum Gasteiger partial charge on any atom is 0.412 e. The molecule has 0 bridgehead atoms. The first-order valence-corrected chi connectivity index (χ1v) is 8.66. The molecule has 0 aliphatic carbocycles. The molecule has 26 heavy (non-hydrogen) atoms. The van der Waals surface area contributed by atoms with Crippen molar-refractivity contribution in [1.29, 1.82) is 0 Å². The zero-order valence-corrected chi connectivity index (χ0v) is 15.5. The van der Waals surface area contributed by atoms with Crippen molar-refractivity contribution in [2.75, 3.05) is 11.9 Å². The number of aromatic amines is 1. The molecule has 0 atom stereocenters. The van der Waals surface area contributed by atoms with Crippen LogP contribution in [0.1, 0.15) is 38.4 Å². The van der Waals surface area contributed by atoms with Crippen LogP contribution in [0.3, 0.4) is 0 Å². The van der Waals surface area contributed by atoms with Crippen LogP contribution in [0.5, 0.6) is 0 Å². The standard InChI is InChI=1S/C19H26N4O3/c1-19(2,3)26-18(25)22-15-8-6-14(7-9-15)13-17(24)20-11-4-5-16-10-12-21-23-16/h6-10,12H,4-5,11,13H2,1-3H3,(H,20,24)(H,21,23)(H,22,25). The second-order valence-corrected chi connectivity index (χ2v) is 7.04. The molecule has 3 N–H and O–H groups in total. The van der Waals surface area contributed by atoms with Gasteiger partial charge in [-0.2, -0.15) is 5.10 Å². The number of amides is 2. The van der Waals surface area contributed by atoms with Crippen LogP contribution in [0.4, 0.5) is 10.5 Å². The molecule has 7 heteroatoms. The van der Waals surface area contributed by atoms with E-state index in [1.165, 1.54) is 0 Å². The van der Waals surface area contributed by atoms with Gasteiger partial charge in [0.15, 0.2) is 0 Å². The molecule has 2 amide bonds. The Labute approximate surface area is 153 Å². The van der Waals surface area contributed by atoms with Crippen LogP contribution < -0.4 is 10.6 Å². The molecule has 0 radical (unpaired) electrons. The highest BCUT2D eigenvalue weighted by Crippen LogP contribution is 2.13. The Hall–Kier alpha value is -2.83. The summed E-state index contributed by atoms with van der Waals surface area (Å²) in [5.41, 5.74) is 2.03. The normalized spacial score (nSPS) is 11.0. The summed E-state index contributed by atoms with van der Waals surface area (Å²) in [6.45, 7) is 6.05. The van der Waals surface area contributed by atoms with E-state index in [-0.39, 0.29) is 5.91 Å². The fraction of sp³-hybridized carbons (Fsp3) is 0.421. The molecule has 0 saturated carbocycles. The number of hydrogen-bond acceptors (Lipinski definition) is 4. The molecule has 2 rings (SSSR count). The number of carbonyl (C=O) groups is 2. The Morgan fingerprint density at radius 2 is 1.88 bits per heavy atom. The number of carbonyl (C=O) groups excluding carboxylic acids is 2. The minimum absolute atomic E-state index is 0.0255. The van der Waals surface area contributed by atoms with Crippen LogP contribution in [0.15, 0.2) is 36.5 Å². The highest BCUT2D eigenvalue weighted by molar-refractivity contribution is 5.85. The van der Waals surface area contributed by atoms with Crippen molar-refractivity contribution in [3.8, 4) is 0 Å². The van der Waals surface area contributed by atoms with Crippen LogP contribution in [0.2, 0.25) is 0 Å². The third-order valence-electron chi connectivity index (χ3n) is 3.47. The molecule has 0 spiro atoms. The SMILES string of the molecule is CC(C)(C)OC(=O)Nc1ccc(CC(=O)NCCCc2ccn[nH]2)cc1. The maximum atomic E-state index is 12.0. The Morgan fingerprint density at radius 3 is 2.50 bits per heavy atom. The number of hydrogen-bond donors (Lipinski definition) is 3. The summed E-state index contributed by atoms with van der Waals surface area (Å²) in [6, 6.07) is 9.07. The van der Waals surface area contributed by atoms with Gasteiger partial charge in [-0.1, -0.05) is 12.1 Å². The molecule has 2 aromatic rings. The monoisotopic (exact) mass is 358 g/mol. The number of nitrogens with zero attached hydrogens (tertiary/aromatic N) is 1. The lowest BCUT2D eigenvalue weighted by Crippen LogP contribution is -2.27. The number of H-pyrrole nitrogens is 1. The van der Waals surface area contributed by atoms with Gasteiger partial charge in [0.2, 0.25) is 5.91 Å². The van der Waals surface area contributed by atoms with Gasteiger partial charge in [0.1, 0.15) is 5.60 Å². The minimum Gasteiger partial charge on any atom is -0.444 e. The van der Waals surface area contributed by atoms with Crippen LogP contribution >= 0.6 is 0 Å². The zero-order chi connectivity index (χ0) is 19.0. The first kappa shape index (κ1) is 19.5. The highest BCUT2D eigenvalue weighted by atomic mass is 16.6. The Morgan fingerprint density at radius 1 is 1.15 bits per heavy atom. The van der Waals surface area contributed by atoms with Gasteiger partial charge in [0.05, 0.1) is 6.42 Å². The van der Waals surface area contributed by atoms with Crippen LogP contribution in [0, 0.1) is 0 Å². The molecule has 0 aliphatic rings. The predicted molar refractivity (Wildman–Crippen MR) is 99.9 cm³/mol. The molecule has 0 saturated heterocycles. The average Bonchev–Trinajstić information content (AvgIpc) is 3.05. The topological polar surface area (TPSA) is 96.1 Å². The first-order valence-electron chi connectivity index (χ1n) is 8.66. The van der Waals surface area contributed by atoms with E-state index in [2.05, 4.69) is 20.8 Å². The molecule has 1 aromatic heterocycles. The molecule has 0 unspecified atom stereocenters. The first-order chi connectivity index (χ1) is 12.3. The minimum atomic E-state index is -0.542. The number of ether oxygens (including phenoxy) is 1. The van der Waals surface area contributed by atoms with E-state index in [4.69, 9.17) is 4.74 Å². The third kappa shape index (κ3) is 7.38. The molecule has 140 valence electrons. The van der Waals surface area contributed by atoms with Gasteiger partial charge < -0.3 is 10.1 Å². The average molecular weight is 358 g/mol. The zero-order valence-electron chi connectivity index (χ0n) is 15.5. The molecule has 7 nitrogen and oxygen atoms in total. The number of aromatic nitrogens is 2. The smallest absolute Gasteiger partial charge is 0.412 e. The summed E-state index contributed by atoms with van der Waals surface area (Å²) in [4.78, 5) is 23.7. The summed E-state index contributed by atoms with van der Waals surface area (Å²) in [5, 5.41) is 12.3. The van der Waals surface area contributed by atoms with Crippen molar-refractivity contribution in [2.45, 2.75) is 45.6 Å². The molecule has 1 aromatic carbocycles. The lowest BCUT2D eigenvalue weighted by atomic mass is 10.1. The van der Waals surface area contributed by atoms with Crippen molar-refractivity contribution in [2.24, 2.45) is 0 Å². The van der Waals surface area contributed by atoms with Gasteiger partial charge in [-0.25, -0.2) is 4.79 Å². The summed E-state index contributed by atoms with van der Waals surface area (Å²) < 4.78 is 5.20. The van der Waals surface area contributed by atoms with Crippen molar-refractivity contribution in [3.05, 3.63) is 47.8 Å². The summed E-state index contributed by atoms with van der Waals surface area (Å²) >= 11 is 0. The van der Waals surface area contributed by atoms with E-state index < -0.39 is 11.7 Å². The fourth-order valence-corrected chi connectivity index (χ4v) is 2.31. The van der Waals surface area contributed by atoms with Crippen molar-refractivity contribution >= 4 is 17.7 Å². The molecule has 0 fully saturated rings. The Bertz CT molecular complexity index is 703. The second kappa shape index (κ2) is 9.03. The van der Waals surface area contributed by atoms with Crippen LogP contribution in [-0.2, 0) is 22.4 Å². The van der Waals surface area contributed by atoms with E-state index in [9.17, 15) is 9.59 Å². The summed E-state index contributed by atoms with van der Waals surface area (Å²) in [6.07, 6.45) is 3.23. The van der Waals surface area contributed by atoms with Gasteiger partial charge in [-0.15, -0.1) is 0 Å². The second-order valence-electron chi connectivity index (χ2n) is 7.04. The lowest BCUT2D eigenvalue weighted by molar-refractivity contribution is -0.120. The van der Waals surface area contributed by atoms with Crippen molar-refractivity contribution < 1.29 is 14.3 Å². The van der Waals surface area contributed by atoms with Crippen molar-refractivity contribution in [3.63, 3.8) is 0 Å². The van der Waals surface area contributed by atoms with Gasteiger partial charge >= 0.3 is 6.09 Å². The molecular formula is C19H26N4O3. The van der Waals surface area contributed by atoms with E-state index in [0.717, 1.165) is 24.1 Å². The third-order valence-corrected chi connectivity index (χ3v) is 3.47. The molecule has 0 aliphatic heterocycles. The van der Waals surface area contributed by atoms with Gasteiger partial charge in [0.25, 0.3) is 0 Å². The van der Waals surface area contributed by atoms with Gasteiger partial charge in [0, 0.05) is 24.1 Å². The summed E-state index contributed by atoms with van der Waals surface area (Å²) in [5.74, 6) is -0.0255. The number of nitrogens with one attached hydrogen (secondary N) is 3. The number of rotatable bonds is 7. The highest BCUT2D eigenvalue weighted by Gasteiger charge is 2.16. The number of anilines is 1.